The van der Waals surface area contributed by atoms with E-state index in [4.69, 9.17) is 9.47 Å². The molecule has 0 bridgehead atoms. The van der Waals surface area contributed by atoms with Crippen LogP contribution in [0, 0.1) is 6.92 Å². The number of nitrogens with one attached hydrogen (secondary N) is 1. The number of carbonyl (C=O) groups is 2. The molecule has 6 heteroatoms. The summed E-state index contributed by atoms with van der Waals surface area (Å²) in [6, 6.07) is 19.1. The number of hydrogen-bond acceptors (Lipinski definition) is 4. The van der Waals surface area contributed by atoms with E-state index in [1.54, 1.807) is 6.92 Å². The minimum atomic E-state index is -1.08. The second-order valence-electron chi connectivity index (χ2n) is 7.07. The Morgan fingerprint density at radius 3 is 2.13 bits per heavy atom. The molecule has 0 radical (unpaired) electrons. The second kappa shape index (κ2) is 7.91. The minimum Gasteiger partial charge on any atom is -0.495 e. The normalized spacial score (nSPS) is 12.1. The maximum Gasteiger partial charge on any atom is 0.411 e. The first kappa shape index (κ1) is 19.5. The molecule has 0 saturated carbocycles. The lowest BCUT2D eigenvalue weighted by molar-refractivity contribution is 0.0696. The van der Waals surface area contributed by atoms with Crippen LogP contribution in [0.5, 0.6) is 5.75 Å². The lowest BCUT2D eigenvalue weighted by Crippen LogP contribution is -2.19. The zero-order valence-corrected chi connectivity index (χ0v) is 16.6. The molecule has 0 atom stereocenters. The van der Waals surface area contributed by atoms with Crippen LogP contribution in [0.4, 0.5) is 10.5 Å². The van der Waals surface area contributed by atoms with Gasteiger partial charge < -0.3 is 14.6 Å². The van der Waals surface area contributed by atoms with Gasteiger partial charge in [-0.25, -0.2) is 9.59 Å². The number of benzene rings is 3. The first-order valence-corrected chi connectivity index (χ1v) is 9.54. The summed E-state index contributed by atoms with van der Waals surface area (Å²) in [4.78, 5) is 24.0. The highest BCUT2D eigenvalue weighted by Crippen LogP contribution is 2.44. The minimum absolute atomic E-state index is 0.0588. The maximum atomic E-state index is 12.6. The summed E-state index contributed by atoms with van der Waals surface area (Å²) in [7, 11) is 1.46. The number of carboxylic acid groups (broad SMARTS) is 1. The van der Waals surface area contributed by atoms with Crippen LogP contribution in [0.1, 0.15) is 33.0 Å². The van der Waals surface area contributed by atoms with Crippen LogP contribution in [0.15, 0.2) is 60.7 Å². The van der Waals surface area contributed by atoms with Gasteiger partial charge in [0.25, 0.3) is 0 Å². The van der Waals surface area contributed by atoms with Crippen molar-refractivity contribution in [2.75, 3.05) is 19.0 Å². The fourth-order valence-corrected chi connectivity index (χ4v) is 3.98. The number of rotatable bonds is 5. The van der Waals surface area contributed by atoms with Gasteiger partial charge in [0.05, 0.1) is 18.4 Å². The number of fused-ring (bicyclic) bond motifs is 3. The summed E-state index contributed by atoms with van der Waals surface area (Å²) in [5.41, 5.74) is 5.30. The molecule has 1 aliphatic rings. The van der Waals surface area contributed by atoms with Gasteiger partial charge in [-0.3, -0.25) is 5.32 Å². The predicted octanol–water partition coefficient (Wildman–Crippen LogP) is 5.06. The number of anilines is 1. The fraction of sp³-hybridized carbons (Fsp3) is 0.167. The Labute approximate surface area is 174 Å². The van der Waals surface area contributed by atoms with Crippen molar-refractivity contribution in [1.29, 1.82) is 0 Å². The summed E-state index contributed by atoms with van der Waals surface area (Å²) < 4.78 is 10.8. The van der Waals surface area contributed by atoms with Crippen LogP contribution < -0.4 is 10.1 Å². The van der Waals surface area contributed by atoms with Crippen molar-refractivity contribution in [2.24, 2.45) is 0 Å². The zero-order chi connectivity index (χ0) is 21.3. The van der Waals surface area contributed by atoms with Crippen molar-refractivity contribution in [3.8, 4) is 16.9 Å². The molecular weight excluding hydrogens is 382 g/mol. The first-order chi connectivity index (χ1) is 14.5. The molecule has 152 valence electrons. The van der Waals surface area contributed by atoms with Crippen LogP contribution in [0.2, 0.25) is 0 Å². The van der Waals surface area contributed by atoms with Crippen molar-refractivity contribution >= 4 is 17.7 Å². The van der Waals surface area contributed by atoms with Gasteiger partial charge >= 0.3 is 12.1 Å². The SMILES string of the molecule is COc1ccc(C(=O)O)c(C)c1NC(=O)OCC1c2ccccc2-c2ccccc21. The van der Waals surface area contributed by atoms with E-state index in [9.17, 15) is 14.7 Å². The van der Waals surface area contributed by atoms with Gasteiger partial charge in [0.15, 0.2) is 0 Å². The second-order valence-corrected chi connectivity index (χ2v) is 7.07. The average Bonchev–Trinajstić information content (AvgIpc) is 3.07. The Balaban J connectivity index is 1.54. The smallest absolute Gasteiger partial charge is 0.411 e. The van der Waals surface area contributed by atoms with Crippen LogP contribution in [0.25, 0.3) is 11.1 Å². The Morgan fingerprint density at radius 1 is 0.967 bits per heavy atom. The van der Waals surface area contributed by atoms with Gasteiger partial charge in [0.2, 0.25) is 0 Å². The highest BCUT2D eigenvalue weighted by atomic mass is 16.5. The van der Waals surface area contributed by atoms with Crippen LogP contribution in [-0.4, -0.2) is 30.9 Å². The lowest BCUT2D eigenvalue weighted by Gasteiger charge is -2.17. The molecule has 0 heterocycles. The standard InChI is InChI=1S/C24H21NO5/c1-14-15(23(26)27)11-12-21(29-2)22(14)25-24(28)30-13-20-18-9-5-3-7-16(18)17-8-4-6-10-19(17)20/h3-12,20H,13H2,1-2H3,(H,25,28)(H,26,27). The molecule has 0 aliphatic heterocycles. The summed E-state index contributed by atoms with van der Waals surface area (Å²) in [6.07, 6.45) is -0.666. The topological polar surface area (TPSA) is 84.9 Å². The Morgan fingerprint density at radius 2 is 1.57 bits per heavy atom. The predicted molar refractivity (Wildman–Crippen MR) is 113 cm³/mol. The van der Waals surface area contributed by atoms with E-state index in [0.717, 1.165) is 22.3 Å². The largest absolute Gasteiger partial charge is 0.495 e. The molecule has 2 N–H and O–H groups in total. The molecule has 3 aromatic carbocycles. The number of amides is 1. The molecule has 30 heavy (non-hydrogen) atoms. The third kappa shape index (κ3) is 3.37. The zero-order valence-electron chi connectivity index (χ0n) is 16.6. The summed E-state index contributed by atoms with van der Waals surface area (Å²) in [5, 5.41) is 12.0. The van der Waals surface area contributed by atoms with E-state index in [2.05, 4.69) is 17.4 Å². The maximum absolute atomic E-state index is 12.6. The first-order valence-electron chi connectivity index (χ1n) is 9.54. The highest BCUT2D eigenvalue weighted by Gasteiger charge is 2.29. The van der Waals surface area contributed by atoms with Gasteiger partial charge in [-0.05, 0) is 46.9 Å². The van der Waals surface area contributed by atoms with E-state index in [-0.39, 0.29) is 23.8 Å². The third-order valence-electron chi connectivity index (χ3n) is 5.45. The number of carbonyl (C=O) groups excluding carboxylic acids is 1. The average molecular weight is 403 g/mol. The van der Waals surface area contributed by atoms with Crippen LogP contribution in [-0.2, 0) is 4.74 Å². The van der Waals surface area contributed by atoms with E-state index in [1.807, 2.05) is 36.4 Å². The van der Waals surface area contributed by atoms with Crippen molar-refractivity contribution in [1.82, 2.24) is 0 Å². The Bertz CT molecular complexity index is 1090. The molecule has 1 amide bonds. The van der Waals surface area contributed by atoms with Gasteiger partial charge in [-0.15, -0.1) is 0 Å². The molecule has 0 aromatic heterocycles. The number of aromatic carboxylic acids is 1. The number of methoxy groups -OCH3 is 1. The van der Waals surface area contributed by atoms with E-state index < -0.39 is 12.1 Å². The van der Waals surface area contributed by atoms with E-state index in [1.165, 1.54) is 19.2 Å². The summed E-state index contributed by atoms with van der Waals surface area (Å²) in [6.45, 7) is 1.78. The Hall–Kier alpha value is -3.80. The molecule has 4 rings (SSSR count). The monoisotopic (exact) mass is 403 g/mol. The molecule has 3 aromatic rings. The van der Waals surface area contributed by atoms with Gasteiger partial charge in [0.1, 0.15) is 12.4 Å². The van der Waals surface area contributed by atoms with Gasteiger partial charge in [0, 0.05) is 5.92 Å². The summed E-state index contributed by atoms with van der Waals surface area (Å²) in [5.74, 6) is -0.770. The van der Waals surface area contributed by atoms with Crippen molar-refractivity contribution in [3.05, 3.63) is 82.9 Å². The number of ether oxygens (including phenoxy) is 2. The van der Waals surface area contributed by atoms with Crippen LogP contribution >= 0.6 is 0 Å². The number of carboxylic acids is 1. The molecule has 0 saturated heterocycles. The third-order valence-corrected chi connectivity index (χ3v) is 5.45. The van der Waals surface area contributed by atoms with Gasteiger partial charge in [-0.2, -0.15) is 0 Å². The fourth-order valence-electron chi connectivity index (χ4n) is 3.98. The highest BCUT2D eigenvalue weighted by molar-refractivity contribution is 5.95. The lowest BCUT2D eigenvalue weighted by atomic mass is 9.98. The molecule has 0 unspecified atom stereocenters. The molecule has 0 fully saturated rings. The van der Waals surface area contributed by atoms with E-state index in [0.29, 0.717) is 11.3 Å². The van der Waals surface area contributed by atoms with Gasteiger partial charge in [-0.1, -0.05) is 48.5 Å². The molecule has 1 aliphatic carbocycles. The van der Waals surface area contributed by atoms with Crippen molar-refractivity contribution in [2.45, 2.75) is 12.8 Å². The van der Waals surface area contributed by atoms with Crippen LogP contribution in [0.3, 0.4) is 0 Å². The van der Waals surface area contributed by atoms with E-state index >= 15 is 0 Å². The Kier molecular flexibility index (Phi) is 5.14. The number of hydrogen-bond donors (Lipinski definition) is 2. The quantitative estimate of drug-likeness (QED) is 0.622. The molecule has 0 spiro atoms. The molecule has 6 nitrogen and oxygen atoms in total. The van der Waals surface area contributed by atoms with Crippen molar-refractivity contribution in [3.63, 3.8) is 0 Å². The van der Waals surface area contributed by atoms with Crippen molar-refractivity contribution < 1.29 is 24.2 Å². The summed E-state index contributed by atoms with van der Waals surface area (Å²) >= 11 is 0. The molecular formula is C24H21NO5.